The van der Waals surface area contributed by atoms with E-state index in [1.54, 1.807) is 0 Å². The van der Waals surface area contributed by atoms with Gasteiger partial charge in [-0.15, -0.1) is 0 Å². The van der Waals surface area contributed by atoms with Gasteiger partial charge in [0.1, 0.15) is 11.2 Å². The maximum absolute atomic E-state index is 6.80. The zero-order valence-corrected chi connectivity index (χ0v) is 29.6. The van der Waals surface area contributed by atoms with E-state index < -0.39 is 0 Å². The lowest BCUT2D eigenvalue weighted by atomic mass is 9.95. The minimum Gasteiger partial charge on any atom is -0.455 e. The van der Waals surface area contributed by atoms with Gasteiger partial charge in [-0.1, -0.05) is 170 Å². The number of hydrogen-bond acceptors (Lipinski definition) is 2. The molecule has 2 nitrogen and oxygen atoms in total. The second-order valence-corrected chi connectivity index (χ2v) is 13.7. The molecular formula is C52H35NO. The van der Waals surface area contributed by atoms with Crippen molar-refractivity contribution >= 4 is 49.8 Å². The smallest absolute Gasteiger partial charge is 0.143 e. The molecule has 0 aliphatic carbocycles. The van der Waals surface area contributed by atoms with E-state index >= 15 is 0 Å². The van der Waals surface area contributed by atoms with E-state index in [4.69, 9.17) is 4.42 Å². The van der Waals surface area contributed by atoms with E-state index in [0.717, 1.165) is 50.0 Å². The Bertz CT molecular complexity index is 2890. The average molecular weight is 690 g/mol. The van der Waals surface area contributed by atoms with Crippen LogP contribution in [0.2, 0.25) is 0 Å². The molecule has 0 atom stereocenters. The van der Waals surface area contributed by atoms with Crippen molar-refractivity contribution < 1.29 is 4.42 Å². The number of furan rings is 1. The Hall–Kier alpha value is -7.16. The van der Waals surface area contributed by atoms with Crippen molar-refractivity contribution in [1.82, 2.24) is 0 Å². The van der Waals surface area contributed by atoms with Crippen LogP contribution in [0.5, 0.6) is 0 Å². The molecule has 0 spiro atoms. The fraction of sp³-hybridized carbons (Fsp3) is 0. The SMILES string of the molecule is c1ccc(-c2ccc(-c3ccc(N(c4cccc(-c5ccccc5)c4)c4cccc5oc6c7ccccc7c(-c7ccccc7)cc6c45)cc3)cc2)cc1. The van der Waals surface area contributed by atoms with E-state index in [1.807, 2.05) is 0 Å². The maximum Gasteiger partial charge on any atom is 0.143 e. The normalized spacial score (nSPS) is 11.3. The third-order valence-corrected chi connectivity index (χ3v) is 10.5. The molecule has 0 N–H and O–H groups in total. The molecule has 0 amide bonds. The number of anilines is 3. The summed E-state index contributed by atoms with van der Waals surface area (Å²) in [6.45, 7) is 0. The van der Waals surface area contributed by atoms with Crippen LogP contribution in [-0.2, 0) is 0 Å². The molecule has 2 heteroatoms. The predicted molar refractivity (Wildman–Crippen MR) is 228 cm³/mol. The van der Waals surface area contributed by atoms with E-state index in [9.17, 15) is 0 Å². The van der Waals surface area contributed by atoms with Gasteiger partial charge in [-0.05, 0) is 92.4 Å². The van der Waals surface area contributed by atoms with E-state index in [1.165, 1.54) is 44.3 Å². The number of rotatable bonds is 7. The zero-order chi connectivity index (χ0) is 35.8. The molecular weight excluding hydrogens is 655 g/mol. The Labute approximate surface area is 314 Å². The van der Waals surface area contributed by atoms with Gasteiger partial charge in [0.25, 0.3) is 0 Å². The molecule has 0 saturated carbocycles. The molecule has 54 heavy (non-hydrogen) atoms. The maximum atomic E-state index is 6.80. The van der Waals surface area contributed by atoms with Gasteiger partial charge in [-0.25, -0.2) is 0 Å². The first-order chi connectivity index (χ1) is 26.8. The standard InChI is InChI=1S/C52H35NO/c1-4-14-36(15-5-1)38-26-28-39(29-27-38)40-30-32-43(33-31-40)53(44-21-12-20-42(34-44)37-16-6-2-7-17-37)49-24-13-25-50-51(49)48-35-47(41-18-8-3-9-19-41)45-22-10-11-23-46(45)52(48)54-50/h1-35H. The van der Waals surface area contributed by atoms with Crippen molar-refractivity contribution in [2.45, 2.75) is 0 Å². The molecule has 254 valence electrons. The highest BCUT2D eigenvalue weighted by Gasteiger charge is 2.22. The van der Waals surface area contributed by atoms with Crippen LogP contribution in [0.4, 0.5) is 17.1 Å². The summed E-state index contributed by atoms with van der Waals surface area (Å²) in [6, 6.07) is 75.7. The van der Waals surface area contributed by atoms with Crippen molar-refractivity contribution in [1.29, 1.82) is 0 Å². The third-order valence-electron chi connectivity index (χ3n) is 10.5. The lowest BCUT2D eigenvalue weighted by molar-refractivity contribution is 0.672. The average Bonchev–Trinajstić information content (AvgIpc) is 3.65. The first-order valence-electron chi connectivity index (χ1n) is 18.4. The van der Waals surface area contributed by atoms with E-state index in [2.05, 4.69) is 217 Å². The van der Waals surface area contributed by atoms with E-state index in [0.29, 0.717) is 0 Å². The van der Waals surface area contributed by atoms with Gasteiger partial charge in [0.2, 0.25) is 0 Å². The minimum absolute atomic E-state index is 0.859. The topological polar surface area (TPSA) is 16.4 Å². The second-order valence-electron chi connectivity index (χ2n) is 13.7. The summed E-state index contributed by atoms with van der Waals surface area (Å²) in [6.07, 6.45) is 0. The largest absolute Gasteiger partial charge is 0.455 e. The first-order valence-corrected chi connectivity index (χ1v) is 18.4. The summed E-state index contributed by atoms with van der Waals surface area (Å²) >= 11 is 0. The quantitative estimate of drug-likeness (QED) is 0.166. The Morgan fingerprint density at radius 1 is 0.315 bits per heavy atom. The Kier molecular flexibility index (Phi) is 7.85. The fourth-order valence-corrected chi connectivity index (χ4v) is 7.84. The summed E-state index contributed by atoms with van der Waals surface area (Å²) in [5.74, 6) is 0. The van der Waals surface area contributed by atoms with Gasteiger partial charge >= 0.3 is 0 Å². The fourth-order valence-electron chi connectivity index (χ4n) is 7.84. The molecule has 0 saturated heterocycles. The van der Waals surface area contributed by atoms with Crippen molar-refractivity contribution in [2.75, 3.05) is 4.90 Å². The molecule has 0 bridgehead atoms. The minimum atomic E-state index is 0.859. The zero-order valence-electron chi connectivity index (χ0n) is 29.6. The van der Waals surface area contributed by atoms with Crippen molar-refractivity contribution in [3.05, 3.63) is 212 Å². The van der Waals surface area contributed by atoms with Crippen LogP contribution in [0, 0.1) is 0 Å². The lowest BCUT2D eigenvalue weighted by Gasteiger charge is -2.27. The van der Waals surface area contributed by atoms with Gasteiger partial charge in [0, 0.05) is 22.1 Å². The highest BCUT2D eigenvalue weighted by molar-refractivity contribution is 6.22. The molecule has 1 aromatic heterocycles. The highest BCUT2D eigenvalue weighted by atomic mass is 16.3. The molecule has 9 aromatic carbocycles. The second kappa shape index (κ2) is 13.4. The Morgan fingerprint density at radius 3 is 1.46 bits per heavy atom. The van der Waals surface area contributed by atoms with Crippen molar-refractivity contribution in [3.63, 3.8) is 0 Å². The first kappa shape index (κ1) is 31.6. The van der Waals surface area contributed by atoms with Crippen molar-refractivity contribution in [2.24, 2.45) is 0 Å². The Balaban J connectivity index is 1.16. The Morgan fingerprint density at radius 2 is 0.815 bits per heavy atom. The molecule has 1 heterocycles. The molecule has 0 aliphatic rings. The molecule has 0 aliphatic heterocycles. The van der Waals surface area contributed by atoms with Gasteiger partial charge in [-0.2, -0.15) is 0 Å². The molecule has 0 radical (unpaired) electrons. The van der Waals surface area contributed by atoms with Gasteiger partial charge in [0.05, 0.1) is 11.1 Å². The number of benzene rings is 9. The lowest BCUT2D eigenvalue weighted by Crippen LogP contribution is -2.10. The number of fused-ring (bicyclic) bond motifs is 5. The van der Waals surface area contributed by atoms with E-state index in [-0.39, 0.29) is 0 Å². The summed E-state index contributed by atoms with van der Waals surface area (Å²) < 4.78 is 6.80. The van der Waals surface area contributed by atoms with Gasteiger partial charge in [0.15, 0.2) is 0 Å². The van der Waals surface area contributed by atoms with Crippen LogP contribution in [-0.4, -0.2) is 0 Å². The van der Waals surface area contributed by atoms with Crippen LogP contribution in [0.1, 0.15) is 0 Å². The summed E-state index contributed by atoms with van der Waals surface area (Å²) in [5, 5.41) is 4.46. The summed E-state index contributed by atoms with van der Waals surface area (Å²) in [4.78, 5) is 2.38. The van der Waals surface area contributed by atoms with Crippen LogP contribution < -0.4 is 4.90 Å². The summed E-state index contributed by atoms with van der Waals surface area (Å²) in [7, 11) is 0. The summed E-state index contributed by atoms with van der Waals surface area (Å²) in [5.41, 5.74) is 14.5. The van der Waals surface area contributed by atoms with Crippen LogP contribution in [0.3, 0.4) is 0 Å². The molecule has 10 aromatic rings. The predicted octanol–water partition coefficient (Wildman–Crippen LogP) is 14.9. The molecule has 0 unspecified atom stereocenters. The molecule has 0 fully saturated rings. The van der Waals surface area contributed by atoms with Gasteiger partial charge < -0.3 is 9.32 Å². The van der Waals surface area contributed by atoms with Gasteiger partial charge in [-0.3, -0.25) is 0 Å². The van der Waals surface area contributed by atoms with Crippen LogP contribution in [0.15, 0.2) is 217 Å². The third kappa shape index (κ3) is 5.62. The highest BCUT2D eigenvalue weighted by Crippen LogP contribution is 2.47. The van der Waals surface area contributed by atoms with Crippen molar-refractivity contribution in [3.8, 4) is 44.5 Å². The van der Waals surface area contributed by atoms with Crippen LogP contribution >= 0.6 is 0 Å². The molecule has 10 rings (SSSR count). The monoisotopic (exact) mass is 689 g/mol. The number of hydrogen-bond donors (Lipinski definition) is 0. The van der Waals surface area contributed by atoms with Crippen LogP contribution in [0.25, 0.3) is 77.2 Å². The number of nitrogens with zero attached hydrogens (tertiary/aromatic N) is 1.